The molecular formula is C12H13N5O3. The van der Waals surface area contributed by atoms with Crippen LogP contribution in [0.2, 0.25) is 0 Å². The lowest BCUT2D eigenvalue weighted by Gasteiger charge is -2.08. The van der Waals surface area contributed by atoms with Crippen molar-refractivity contribution in [3.8, 4) is 11.8 Å². The molecule has 1 amide bonds. The zero-order chi connectivity index (χ0) is 14.5. The van der Waals surface area contributed by atoms with E-state index in [4.69, 9.17) is 15.2 Å². The van der Waals surface area contributed by atoms with Gasteiger partial charge in [-0.3, -0.25) is 15.1 Å². The van der Waals surface area contributed by atoms with Crippen molar-refractivity contribution in [2.24, 2.45) is 0 Å². The average molecular weight is 275 g/mol. The zero-order valence-corrected chi connectivity index (χ0v) is 11.0. The van der Waals surface area contributed by atoms with Crippen molar-refractivity contribution in [1.82, 2.24) is 15.0 Å². The molecule has 0 aliphatic rings. The number of hydrogen-bond donors (Lipinski definition) is 2. The number of pyridine rings is 1. The van der Waals surface area contributed by atoms with Gasteiger partial charge in [0.05, 0.1) is 25.8 Å². The largest absolute Gasteiger partial charge is 0.481 e. The second kappa shape index (κ2) is 5.83. The van der Waals surface area contributed by atoms with Crippen LogP contribution < -0.4 is 20.5 Å². The predicted octanol–water partition coefficient (Wildman–Crippen LogP) is 0.723. The van der Waals surface area contributed by atoms with Gasteiger partial charge in [-0.25, -0.2) is 0 Å². The Balaban J connectivity index is 2.26. The molecule has 8 heteroatoms. The Kier molecular flexibility index (Phi) is 3.94. The van der Waals surface area contributed by atoms with Crippen molar-refractivity contribution in [1.29, 1.82) is 0 Å². The lowest BCUT2D eigenvalue weighted by atomic mass is 10.2. The molecule has 0 unspecified atom stereocenters. The maximum Gasteiger partial charge on any atom is 0.261 e. The van der Waals surface area contributed by atoms with Crippen molar-refractivity contribution in [2.45, 2.75) is 0 Å². The number of nitrogen functional groups attached to an aromatic ring is 1. The van der Waals surface area contributed by atoms with Crippen molar-refractivity contribution in [3.05, 3.63) is 30.1 Å². The minimum absolute atomic E-state index is 0.0504. The van der Waals surface area contributed by atoms with Gasteiger partial charge >= 0.3 is 0 Å². The minimum Gasteiger partial charge on any atom is -0.481 e. The summed E-state index contributed by atoms with van der Waals surface area (Å²) in [7, 11) is 2.90. The molecule has 0 saturated heterocycles. The Morgan fingerprint density at radius 3 is 2.45 bits per heavy atom. The van der Waals surface area contributed by atoms with Crippen molar-refractivity contribution in [2.75, 3.05) is 25.3 Å². The Morgan fingerprint density at radius 1 is 1.25 bits per heavy atom. The summed E-state index contributed by atoms with van der Waals surface area (Å²) in [5.74, 6) is 0.123. The summed E-state index contributed by atoms with van der Waals surface area (Å²) < 4.78 is 9.98. The summed E-state index contributed by atoms with van der Waals surface area (Å²) >= 11 is 0. The number of nitrogens with two attached hydrogens (primary N) is 1. The van der Waals surface area contributed by atoms with Gasteiger partial charge in [-0.1, -0.05) is 0 Å². The number of ether oxygens (including phenoxy) is 2. The number of carbonyl (C=O) groups excluding carboxylic acids is 1. The molecule has 0 bridgehead atoms. The number of nitrogens with one attached hydrogen (secondary N) is 1. The minimum atomic E-state index is -0.467. The van der Waals surface area contributed by atoms with Gasteiger partial charge in [0.1, 0.15) is 0 Å². The molecule has 0 atom stereocenters. The Labute approximate surface area is 115 Å². The SMILES string of the molecule is COc1cc(OC)nc(NC(=O)c2cnccc2N)n1. The number of methoxy groups -OCH3 is 2. The first-order chi connectivity index (χ1) is 9.63. The van der Waals surface area contributed by atoms with Crippen molar-refractivity contribution in [3.63, 3.8) is 0 Å². The molecule has 0 saturated carbocycles. The fourth-order valence-corrected chi connectivity index (χ4v) is 1.43. The van der Waals surface area contributed by atoms with Gasteiger partial charge in [0.25, 0.3) is 5.91 Å². The predicted molar refractivity (Wildman–Crippen MR) is 71.7 cm³/mol. The van der Waals surface area contributed by atoms with Crippen LogP contribution in [0.4, 0.5) is 11.6 Å². The van der Waals surface area contributed by atoms with Gasteiger partial charge in [-0.05, 0) is 6.07 Å². The molecule has 20 heavy (non-hydrogen) atoms. The van der Waals surface area contributed by atoms with Gasteiger partial charge in [0, 0.05) is 18.1 Å². The van der Waals surface area contributed by atoms with Gasteiger partial charge < -0.3 is 15.2 Å². The molecule has 2 heterocycles. The van der Waals surface area contributed by atoms with Crippen LogP contribution in [0.5, 0.6) is 11.8 Å². The summed E-state index contributed by atoms with van der Waals surface area (Å²) in [6.45, 7) is 0. The molecule has 8 nitrogen and oxygen atoms in total. The van der Waals surface area contributed by atoms with E-state index in [0.29, 0.717) is 5.69 Å². The van der Waals surface area contributed by atoms with Gasteiger partial charge in [0.15, 0.2) is 0 Å². The first-order valence-corrected chi connectivity index (χ1v) is 5.62. The van der Waals surface area contributed by atoms with Gasteiger partial charge in [-0.2, -0.15) is 9.97 Å². The fourth-order valence-electron chi connectivity index (χ4n) is 1.43. The van der Waals surface area contributed by atoms with E-state index in [2.05, 4.69) is 20.3 Å². The molecular weight excluding hydrogens is 262 g/mol. The van der Waals surface area contributed by atoms with E-state index in [1.165, 1.54) is 38.7 Å². The fraction of sp³-hybridized carbons (Fsp3) is 0.167. The average Bonchev–Trinajstić information content (AvgIpc) is 2.47. The smallest absolute Gasteiger partial charge is 0.261 e. The highest BCUT2D eigenvalue weighted by atomic mass is 16.5. The standard InChI is InChI=1S/C12H13N5O3/c1-19-9-5-10(20-2)16-12(15-9)17-11(18)7-6-14-4-3-8(7)13/h3-6H,1-2H3,(H2,13,14)(H,15,16,17,18). The molecule has 0 spiro atoms. The maximum atomic E-state index is 12.0. The second-order valence-electron chi connectivity index (χ2n) is 3.69. The third kappa shape index (κ3) is 2.91. The molecule has 0 aromatic carbocycles. The van der Waals surface area contributed by atoms with E-state index in [-0.39, 0.29) is 23.3 Å². The van der Waals surface area contributed by atoms with Crippen LogP contribution in [0.25, 0.3) is 0 Å². The number of nitrogens with zero attached hydrogens (tertiary/aromatic N) is 3. The molecule has 104 valence electrons. The Bertz CT molecular complexity index is 610. The first-order valence-electron chi connectivity index (χ1n) is 5.62. The summed E-state index contributed by atoms with van der Waals surface area (Å²) in [5.41, 5.74) is 6.24. The third-order valence-corrected chi connectivity index (χ3v) is 2.42. The monoisotopic (exact) mass is 275 g/mol. The van der Waals surface area contributed by atoms with Crippen LogP contribution in [0.1, 0.15) is 10.4 Å². The number of carbonyl (C=O) groups is 1. The topological polar surface area (TPSA) is 112 Å². The molecule has 0 aliphatic heterocycles. The molecule has 2 aromatic rings. The lowest BCUT2D eigenvalue weighted by molar-refractivity contribution is 0.102. The molecule has 2 aromatic heterocycles. The van der Waals surface area contributed by atoms with Crippen LogP contribution in [0, 0.1) is 0 Å². The number of aromatic nitrogens is 3. The van der Waals surface area contributed by atoms with E-state index in [9.17, 15) is 4.79 Å². The Hall–Kier alpha value is -2.90. The van der Waals surface area contributed by atoms with Crippen LogP contribution in [0.15, 0.2) is 24.5 Å². The maximum absolute atomic E-state index is 12.0. The summed E-state index contributed by atoms with van der Waals surface area (Å²) in [6, 6.07) is 3.02. The van der Waals surface area contributed by atoms with Crippen LogP contribution in [-0.2, 0) is 0 Å². The summed E-state index contributed by atoms with van der Waals surface area (Å²) in [4.78, 5) is 23.9. The number of hydrogen-bond acceptors (Lipinski definition) is 7. The van der Waals surface area contributed by atoms with Crippen molar-refractivity contribution >= 4 is 17.5 Å². The quantitative estimate of drug-likeness (QED) is 0.845. The second-order valence-corrected chi connectivity index (χ2v) is 3.69. The zero-order valence-electron chi connectivity index (χ0n) is 11.0. The molecule has 0 fully saturated rings. The van der Waals surface area contributed by atoms with E-state index in [1.807, 2.05) is 0 Å². The molecule has 2 rings (SSSR count). The van der Waals surface area contributed by atoms with E-state index >= 15 is 0 Å². The Morgan fingerprint density at radius 2 is 1.90 bits per heavy atom. The normalized spacial score (nSPS) is 9.90. The first kappa shape index (κ1) is 13.5. The van der Waals surface area contributed by atoms with Crippen molar-refractivity contribution < 1.29 is 14.3 Å². The van der Waals surface area contributed by atoms with Gasteiger partial charge in [0.2, 0.25) is 17.7 Å². The summed E-state index contributed by atoms with van der Waals surface area (Å²) in [6.07, 6.45) is 2.86. The number of amides is 1. The van der Waals surface area contributed by atoms with Crippen LogP contribution in [-0.4, -0.2) is 35.1 Å². The lowest BCUT2D eigenvalue weighted by Crippen LogP contribution is -2.16. The molecule has 0 radical (unpaired) electrons. The number of rotatable bonds is 4. The highest BCUT2D eigenvalue weighted by molar-refractivity contribution is 6.06. The van der Waals surface area contributed by atoms with E-state index in [1.54, 1.807) is 0 Å². The number of anilines is 2. The van der Waals surface area contributed by atoms with E-state index in [0.717, 1.165) is 0 Å². The third-order valence-electron chi connectivity index (χ3n) is 2.42. The van der Waals surface area contributed by atoms with Gasteiger partial charge in [-0.15, -0.1) is 0 Å². The van der Waals surface area contributed by atoms with E-state index < -0.39 is 5.91 Å². The van der Waals surface area contributed by atoms with Crippen LogP contribution >= 0.6 is 0 Å². The summed E-state index contributed by atoms with van der Waals surface area (Å²) in [5, 5.41) is 2.51. The molecule has 3 N–H and O–H groups in total. The highest BCUT2D eigenvalue weighted by Gasteiger charge is 2.13. The molecule has 0 aliphatic carbocycles. The van der Waals surface area contributed by atoms with Crippen LogP contribution in [0.3, 0.4) is 0 Å². The highest BCUT2D eigenvalue weighted by Crippen LogP contribution is 2.18.